The van der Waals surface area contributed by atoms with Crippen molar-refractivity contribution in [3.8, 4) is 11.5 Å². The predicted octanol–water partition coefficient (Wildman–Crippen LogP) is 10.2. The number of esters is 1. The minimum atomic E-state index is -0.604. The number of hydrogen-bond donors (Lipinski definition) is 1. The molecule has 4 aliphatic rings. The van der Waals surface area contributed by atoms with Gasteiger partial charge in [0.2, 0.25) is 0 Å². The van der Waals surface area contributed by atoms with Gasteiger partial charge in [0, 0.05) is 0 Å². The highest BCUT2D eigenvalue weighted by Gasteiger charge is 2.58. The van der Waals surface area contributed by atoms with E-state index in [1.165, 1.54) is 37.7 Å². The topological polar surface area (TPSA) is 65.0 Å². The van der Waals surface area contributed by atoms with E-state index in [4.69, 9.17) is 14.2 Å². The fourth-order valence-corrected chi connectivity index (χ4v) is 9.06. The minimum Gasteiger partial charge on any atom is -0.508 e. The van der Waals surface area contributed by atoms with Gasteiger partial charge < -0.3 is 19.3 Å². The van der Waals surface area contributed by atoms with Crippen LogP contribution in [0.5, 0.6) is 11.5 Å². The van der Waals surface area contributed by atoms with E-state index in [0.717, 1.165) is 41.6 Å². The Bertz CT molecular complexity index is 1440. The molecule has 47 heavy (non-hydrogen) atoms. The van der Waals surface area contributed by atoms with Gasteiger partial charge in [-0.3, -0.25) is 4.79 Å². The molecule has 0 spiro atoms. The van der Waals surface area contributed by atoms with Gasteiger partial charge >= 0.3 is 5.97 Å². The molecule has 5 heteroatoms. The van der Waals surface area contributed by atoms with Gasteiger partial charge in [0.1, 0.15) is 17.1 Å². The lowest BCUT2D eigenvalue weighted by Crippen LogP contribution is -2.59. The normalized spacial score (nSPS) is 27.9. The van der Waals surface area contributed by atoms with E-state index in [-0.39, 0.29) is 35.4 Å². The molecule has 0 saturated heterocycles. The first-order valence-electron chi connectivity index (χ1n) is 18.0. The van der Waals surface area contributed by atoms with E-state index in [1.807, 2.05) is 61.5 Å². The Morgan fingerprint density at radius 1 is 0.872 bits per heavy atom. The zero-order chi connectivity index (χ0) is 33.2. The third-order valence-electron chi connectivity index (χ3n) is 12.1. The number of carbonyl (C=O) groups excluding carboxylic acids is 1. The fourth-order valence-electron chi connectivity index (χ4n) is 9.06. The number of hydrogen-bond acceptors (Lipinski definition) is 5. The molecule has 3 aromatic carbocycles. The molecule has 0 aliphatic heterocycles. The molecule has 7 rings (SSSR count). The van der Waals surface area contributed by atoms with E-state index >= 15 is 0 Å². The highest BCUT2D eigenvalue weighted by molar-refractivity contribution is 5.77. The average molecular weight is 639 g/mol. The van der Waals surface area contributed by atoms with Crippen molar-refractivity contribution in [2.45, 2.75) is 116 Å². The van der Waals surface area contributed by atoms with Gasteiger partial charge in [-0.25, -0.2) is 0 Å². The van der Waals surface area contributed by atoms with Crippen LogP contribution in [0.4, 0.5) is 0 Å². The second kappa shape index (κ2) is 14.0. The van der Waals surface area contributed by atoms with Crippen molar-refractivity contribution in [3.63, 3.8) is 0 Å². The molecule has 0 radical (unpaired) electrons. The lowest BCUT2D eigenvalue weighted by molar-refractivity contribution is -0.212. The van der Waals surface area contributed by atoms with Gasteiger partial charge in [-0.1, -0.05) is 68.4 Å². The van der Waals surface area contributed by atoms with E-state index in [0.29, 0.717) is 24.9 Å². The fraction of sp³-hybridized carbons (Fsp3) is 0.548. The quantitative estimate of drug-likeness (QED) is 0.141. The van der Waals surface area contributed by atoms with Crippen LogP contribution in [0.25, 0.3) is 0 Å². The van der Waals surface area contributed by atoms with Gasteiger partial charge in [-0.15, -0.1) is 0 Å². The summed E-state index contributed by atoms with van der Waals surface area (Å²) in [5, 5.41) is 10.1. The third kappa shape index (κ3) is 7.56. The SMILES string of the molecule is CCC(C)(CC(CC(C)c1ccc(OC(C)OCc2ccccc2)cc1)c1ccc(O)cc1)C(=O)OC1(C)C2CC3CC(C2)CC1C3. The van der Waals surface area contributed by atoms with Crippen LogP contribution in [0.3, 0.4) is 0 Å². The lowest BCUT2D eigenvalue weighted by Gasteiger charge is -2.59. The van der Waals surface area contributed by atoms with Gasteiger partial charge in [0.25, 0.3) is 0 Å². The molecular weight excluding hydrogens is 584 g/mol. The molecule has 0 aromatic heterocycles. The number of benzene rings is 3. The number of phenols is 1. The van der Waals surface area contributed by atoms with Gasteiger partial charge in [-0.2, -0.15) is 0 Å². The smallest absolute Gasteiger partial charge is 0.312 e. The molecule has 4 bridgehead atoms. The number of aromatic hydroxyl groups is 1. The largest absolute Gasteiger partial charge is 0.508 e. The summed E-state index contributed by atoms with van der Waals surface area (Å²) < 4.78 is 18.6. The Labute approximate surface area is 282 Å². The number of ether oxygens (including phenoxy) is 3. The van der Waals surface area contributed by atoms with Crippen molar-refractivity contribution < 1.29 is 24.1 Å². The second-order valence-corrected chi connectivity index (χ2v) is 15.5. The highest BCUT2D eigenvalue weighted by atomic mass is 16.7. The van der Waals surface area contributed by atoms with E-state index in [9.17, 15) is 9.90 Å². The molecule has 4 fully saturated rings. The summed E-state index contributed by atoms with van der Waals surface area (Å²) in [6, 6.07) is 26.0. The monoisotopic (exact) mass is 638 g/mol. The summed E-state index contributed by atoms with van der Waals surface area (Å²) in [5.41, 5.74) is 2.54. The summed E-state index contributed by atoms with van der Waals surface area (Å²) in [7, 11) is 0. The van der Waals surface area contributed by atoms with E-state index < -0.39 is 5.41 Å². The maximum absolute atomic E-state index is 14.2. The third-order valence-corrected chi connectivity index (χ3v) is 12.1. The van der Waals surface area contributed by atoms with Crippen molar-refractivity contribution >= 4 is 5.97 Å². The maximum Gasteiger partial charge on any atom is 0.312 e. The average Bonchev–Trinajstić information content (AvgIpc) is 3.06. The molecular formula is C42H54O5. The van der Waals surface area contributed by atoms with Gasteiger partial charge in [0.15, 0.2) is 6.29 Å². The van der Waals surface area contributed by atoms with Crippen molar-refractivity contribution in [3.05, 3.63) is 95.6 Å². The summed E-state index contributed by atoms with van der Waals surface area (Å²) in [6.07, 6.45) is 8.18. The van der Waals surface area contributed by atoms with Crippen LogP contribution in [-0.2, 0) is 20.9 Å². The van der Waals surface area contributed by atoms with Crippen molar-refractivity contribution in [1.29, 1.82) is 0 Å². The van der Waals surface area contributed by atoms with Crippen LogP contribution in [-0.4, -0.2) is 23.0 Å². The summed E-state index contributed by atoms with van der Waals surface area (Å²) in [4.78, 5) is 14.2. The number of carbonyl (C=O) groups is 1. The van der Waals surface area contributed by atoms with Crippen LogP contribution < -0.4 is 4.74 Å². The molecule has 4 atom stereocenters. The Morgan fingerprint density at radius 2 is 1.47 bits per heavy atom. The molecule has 4 saturated carbocycles. The van der Waals surface area contributed by atoms with Crippen LogP contribution in [0.15, 0.2) is 78.9 Å². The van der Waals surface area contributed by atoms with E-state index in [2.05, 4.69) is 39.8 Å². The standard InChI is InChI=1S/C42H54O5/c1-6-41(4,40(44)47-42(5)36-22-31-21-32(24-36)25-37(42)23-31)26-35(34-12-16-38(43)17-13-34)20-28(2)33-14-18-39(19-15-33)46-29(3)45-27-30-10-8-7-9-11-30/h7-19,28-29,31-32,35-37,43H,6,20-27H2,1-5H3. The predicted molar refractivity (Wildman–Crippen MR) is 186 cm³/mol. The Kier molecular flexibility index (Phi) is 10.0. The zero-order valence-electron chi connectivity index (χ0n) is 29.0. The lowest BCUT2D eigenvalue weighted by atomic mass is 9.50. The van der Waals surface area contributed by atoms with Gasteiger partial charge in [0.05, 0.1) is 12.0 Å². The minimum absolute atomic E-state index is 0.0310. The van der Waals surface area contributed by atoms with Gasteiger partial charge in [-0.05, 0) is 149 Å². The number of phenolic OH excluding ortho intramolecular Hbond substituents is 1. The Morgan fingerprint density at radius 3 is 2.06 bits per heavy atom. The van der Waals surface area contributed by atoms with Crippen molar-refractivity contribution in [2.75, 3.05) is 0 Å². The highest BCUT2D eigenvalue weighted by Crippen LogP contribution is 2.60. The van der Waals surface area contributed by atoms with Crippen molar-refractivity contribution in [2.24, 2.45) is 29.1 Å². The maximum atomic E-state index is 14.2. The Hall–Kier alpha value is -3.31. The molecule has 4 aliphatic carbocycles. The molecule has 0 heterocycles. The second-order valence-electron chi connectivity index (χ2n) is 15.5. The summed E-state index contributed by atoms with van der Waals surface area (Å²) in [5.74, 6) is 4.03. The van der Waals surface area contributed by atoms with Crippen molar-refractivity contribution in [1.82, 2.24) is 0 Å². The zero-order valence-corrected chi connectivity index (χ0v) is 29.0. The summed E-state index contributed by atoms with van der Waals surface area (Å²) >= 11 is 0. The molecule has 252 valence electrons. The molecule has 5 nitrogen and oxygen atoms in total. The first-order chi connectivity index (χ1) is 22.5. The summed E-state index contributed by atoms with van der Waals surface area (Å²) in [6.45, 7) is 11.2. The molecule has 4 unspecified atom stereocenters. The van der Waals surface area contributed by atoms with E-state index in [1.54, 1.807) is 12.1 Å². The van der Waals surface area contributed by atoms with Crippen LogP contribution in [0, 0.1) is 29.1 Å². The first kappa shape index (κ1) is 33.6. The molecule has 3 aromatic rings. The number of rotatable bonds is 14. The van der Waals surface area contributed by atoms with Crippen LogP contribution >= 0.6 is 0 Å². The molecule has 1 N–H and O–H groups in total. The van der Waals surface area contributed by atoms with Crippen LogP contribution in [0.2, 0.25) is 0 Å². The first-order valence-corrected chi connectivity index (χ1v) is 18.0. The Balaban J connectivity index is 1.12. The molecule has 0 amide bonds. The van der Waals surface area contributed by atoms with Crippen LogP contribution in [0.1, 0.15) is 115 Å².